The molecule has 0 unspecified atom stereocenters. The first kappa shape index (κ1) is 63.1. The number of hydrogen-bond donors (Lipinski definition) is 13. The third kappa shape index (κ3) is 19.8. The fourth-order valence-corrected chi connectivity index (χ4v) is 9.67. The van der Waals surface area contributed by atoms with Gasteiger partial charge in [-0.2, -0.15) is 11.8 Å². The summed E-state index contributed by atoms with van der Waals surface area (Å²) in [7, 11) is 0. The molecule has 2 aromatic carbocycles. The van der Waals surface area contributed by atoms with Crippen LogP contribution in [0.2, 0.25) is 0 Å². The predicted molar refractivity (Wildman–Crippen MR) is 290 cm³/mol. The minimum absolute atomic E-state index is 0.00163. The first-order valence-electron chi connectivity index (χ1n) is 26.1. The molecule has 2 aromatic rings. The monoisotopic (exact) mass is 1110 g/mol. The number of rotatable bonds is 30. The summed E-state index contributed by atoms with van der Waals surface area (Å²) >= 11 is 1.44. The molecule has 2 heterocycles. The van der Waals surface area contributed by atoms with Gasteiger partial charge in [-0.1, -0.05) is 56.3 Å². The third-order valence-electron chi connectivity index (χ3n) is 13.3. The van der Waals surface area contributed by atoms with Crippen LogP contribution in [0, 0.1) is 11.3 Å². The van der Waals surface area contributed by atoms with Crippen molar-refractivity contribution in [2.45, 2.75) is 146 Å². The van der Waals surface area contributed by atoms with Crippen LogP contribution < -0.4 is 54.4 Å². The van der Waals surface area contributed by atoms with Gasteiger partial charge < -0.3 is 74.4 Å². The SMILES string of the molecule is CSCC[C@H](NC(=O)[C@@H](N)CCCNC(=N)N)C(=O)N[C@@H](Cc1ccccc1)C(=O)N1CCC[C@H]1C(=O)N[C@@H](CC(N)=O)C(=O)N[C@@H](C)C(=O)N1CCC[C@H]1C(=O)N[C@@H](Cc1ccc(O)cc1)C(=O)N[C@@H](CC(C)C)C(=O)O. The smallest absolute Gasteiger partial charge is 0.326 e. The van der Waals surface area contributed by atoms with Crippen molar-refractivity contribution in [3.8, 4) is 5.75 Å². The Morgan fingerprint density at radius 3 is 1.76 bits per heavy atom. The van der Waals surface area contributed by atoms with Gasteiger partial charge in [-0.25, -0.2) is 4.79 Å². The Labute approximate surface area is 457 Å². The second-order valence-corrected chi connectivity index (χ2v) is 21.0. The summed E-state index contributed by atoms with van der Waals surface area (Å²) in [5.41, 5.74) is 18.2. The van der Waals surface area contributed by atoms with Gasteiger partial charge in [-0.15, -0.1) is 0 Å². The van der Waals surface area contributed by atoms with E-state index in [1.54, 1.807) is 44.2 Å². The van der Waals surface area contributed by atoms with Gasteiger partial charge in [-0.3, -0.25) is 48.6 Å². The molecule has 2 aliphatic heterocycles. The van der Waals surface area contributed by atoms with Crippen LogP contribution in [0.4, 0.5) is 0 Å². The first-order chi connectivity index (χ1) is 37.0. The molecule has 78 heavy (non-hydrogen) atoms. The number of guanidine groups is 1. The van der Waals surface area contributed by atoms with E-state index in [-0.39, 0.29) is 75.7 Å². The number of aliphatic carboxylic acids is 1. The largest absolute Gasteiger partial charge is 0.508 e. The number of carboxylic acids is 1. The Balaban J connectivity index is 1.47. The maximum absolute atomic E-state index is 14.6. The van der Waals surface area contributed by atoms with Crippen LogP contribution in [0.15, 0.2) is 54.6 Å². The molecule has 0 saturated carbocycles. The lowest BCUT2D eigenvalue weighted by atomic mass is 10.0. The molecule has 0 spiro atoms. The highest BCUT2D eigenvalue weighted by atomic mass is 32.2. The lowest BCUT2D eigenvalue weighted by molar-refractivity contribution is -0.144. The number of nitrogens with two attached hydrogens (primary N) is 3. The van der Waals surface area contributed by atoms with E-state index in [9.17, 15) is 58.2 Å². The van der Waals surface area contributed by atoms with E-state index in [0.29, 0.717) is 42.7 Å². The molecule has 9 atom stereocenters. The van der Waals surface area contributed by atoms with E-state index in [1.165, 1.54) is 52.8 Å². The Morgan fingerprint density at radius 2 is 1.19 bits per heavy atom. The molecule has 9 amide bonds. The topological polar surface area (TPSA) is 404 Å². The number of benzene rings is 2. The Hall–Kier alpha value is -7.48. The number of likely N-dealkylation sites (tertiary alicyclic amines) is 2. The van der Waals surface area contributed by atoms with Crippen molar-refractivity contribution in [3.63, 3.8) is 0 Å². The summed E-state index contributed by atoms with van der Waals surface area (Å²) in [6.45, 7) is 5.42. The lowest BCUT2D eigenvalue weighted by Gasteiger charge is -2.31. The quantitative estimate of drug-likeness (QED) is 0.0239. The average Bonchev–Trinajstić information content (AvgIpc) is 4.13. The second-order valence-electron chi connectivity index (χ2n) is 20.0. The number of thioether (sulfide) groups is 1. The zero-order valence-corrected chi connectivity index (χ0v) is 45.4. The lowest BCUT2D eigenvalue weighted by Crippen LogP contribution is -2.60. The number of hydrogen-bond acceptors (Lipinski definition) is 14. The van der Waals surface area contributed by atoms with E-state index in [0.717, 1.165) is 0 Å². The highest BCUT2D eigenvalue weighted by molar-refractivity contribution is 7.98. The summed E-state index contributed by atoms with van der Waals surface area (Å²) < 4.78 is 0. The predicted octanol–water partition coefficient (Wildman–Crippen LogP) is -1.56. The second kappa shape index (κ2) is 31.1. The van der Waals surface area contributed by atoms with Gasteiger partial charge in [0.25, 0.3) is 0 Å². The molecule has 0 radical (unpaired) electrons. The van der Waals surface area contributed by atoms with Crippen molar-refractivity contribution in [3.05, 3.63) is 65.7 Å². The zero-order chi connectivity index (χ0) is 57.6. The van der Waals surface area contributed by atoms with E-state index in [1.807, 2.05) is 6.26 Å². The van der Waals surface area contributed by atoms with Gasteiger partial charge in [-0.05, 0) is 99.5 Å². The minimum Gasteiger partial charge on any atom is -0.508 e. The fraction of sp³-hybridized carbons (Fsp3) is 0.558. The normalized spacial score (nSPS) is 17.7. The molecule has 2 saturated heterocycles. The van der Waals surface area contributed by atoms with Gasteiger partial charge >= 0.3 is 5.97 Å². The number of nitrogens with zero attached hydrogens (tertiary/aromatic N) is 2. The van der Waals surface area contributed by atoms with Gasteiger partial charge in [0.05, 0.1) is 12.5 Å². The van der Waals surface area contributed by atoms with E-state index < -0.39 is 120 Å². The number of carbonyl (C=O) groups excluding carboxylic acids is 9. The molecule has 4 rings (SSSR count). The van der Waals surface area contributed by atoms with Crippen molar-refractivity contribution < 1.29 is 58.2 Å². The van der Waals surface area contributed by atoms with Crippen LogP contribution in [0.1, 0.15) is 89.7 Å². The standard InChI is InChI=1S/C52H77N13O12S/c1-29(2)25-39(51(76)77)63-46(71)36(26-32-16-18-33(66)19-17-32)60-47(72)40-14-9-22-64(40)49(74)30(3)58-45(70)37(28-42(54)67)61-48(73)41-15-10-23-65(41)50(75)38(27-31-11-6-5-7-12-31)62-44(69)35(20-24-78-4)59-43(68)34(53)13-8-21-57-52(55)56/h5-7,11-12,16-19,29-30,34-41,66H,8-10,13-15,20-28,53H2,1-4H3,(H2,54,67)(H,58,70)(H,59,68)(H,60,72)(H,61,73)(H,62,69)(H,63,71)(H,76,77)(H4,55,56,57)/t30-,34-,35-,36-,37-,38-,39-,40-,41-/m0/s1. The van der Waals surface area contributed by atoms with Crippen molar-refractivity contribution in [1.82, 2.24) is 47.0 Å². The van der Waals surface area contributed by atoms with Crippen LogP contribution in [0.3, 0.4) is 0 Å². The summed E-state index contributed by atoms with van der Waals surface area (Å²) in [6.07, 6.45) is 3.03. The number of aromatic hydroxyl groups is 1. The molecule has 2 aliphatic rings. The molecule has 25 nitrogen and oxygen atoms in total. The minimum atomic E-state index is -1.62. The molecule has 0 aromatic heterocycles. The van der Waals surface area contributed by atoms with Gasteiger partial charge in [0.15, 0.2) is 5.96 Å². The van der Waals surface area contributed by atoms with Crippen molar-refractivity contribution >= 4 is 76.9 Å². The number of carboxylic acid groups (broad SMARTS) is 1. The Kier molecular flexibility index (Phi) is 25.1. The number of primary amides is 1. The van der Waals surface area contributed by atoms with Crippen LogP contribution in [-0.2, 0) is 60.8 Å². The average molecular weight is 1110 g/mol. The van der Waals surface area contributed by atoms with Gasteiger partial charge in [0.2, 0.25) is 53.2 Å². The summed E-state index contributed by atoms with van der Waals surface area (Å²) in [4.78, 5) is 138. The molecule has 2 fully saturated rings. The van der Waals surface area contributed by atoms with Crippen molar-refractivity contribution in [2.75, 3.05) is 31.6 Å². The highest BCUT2D eigenvalue weighted by Crippen LogP contribution is 2.22. The molecule has 428 valence electrons. The first-order valence-corrected chi connectivity index (χ1v) is 27.5. The van der Waals surface area contributed by atoms with Crippen molar-refractivity contribution in [2.24, 2.45) is 23.1 Å². The maximum Gasteiger partial charge on any atom is 0.326 e. The van der Waals surface area contributed by atoms with Crippen LogP contribution in [0.25, 0.3) is 0 Å². The zero-order valence-electron chi connectivity index (χ0n) is 44.6. The number of phenols is 1. The number of carbonyl (C=O) groups is 10. The molecular formula is C52H77N13O12S. The molecule has 0 aliphatic carbocycles. The summed E-state index contributed by atoms with van der Waals surface area (Å²) in [5, 5.41) is 45.3. The molecular weight excluding hydrogens is 1030 g/mol. The molecule has 26 heteroatoms. The van der Waals surface area contributed by atoms with Crippen molar-refractivity contribution in [1.29, 1.82) is 5.41 Å². The number of amides is 9. The van der Waals surface area contributed by atoms with E-state index in [4.69, 9.17) is 22.6 Å². The van der Waals surface area contributed by atoms with Crippen LogP contribution >= 0.6 is 11.8 Å². The third-order valence-corrected chi connectivity index (χ3v) is 13.9. The van der Waals surface area contributed by atoms with Gasteiger partial charge in [0.1, 0.15) is 54.1 Å². The van der Waals surface area contributed by atoms with Crippen LogP contribution in [-0.4, -0.2) is 171 Å². The summed E-state index contributed by atoms with van der Waals surface area (Å²) in [6, 6.07) is 3.58. The Morgan fingerprint density at radius 1 is 0.667 bits per heavy atom. The van der Waals surface area contributed by atoms with E-state index >= 15 is 0 Å². The molecule has 0 bridgehead atoms. The van der Waals surface area contributed by atoms with Gasteiger partial charge in [0, 0.05) is 32.5 Å². The molecule has 16 N–H and O–H groups in total. The fourth-order valence-electron chi connectivity index (χ4n) is 9.20. The Bertz CT molecular complexity index is 2430. The van der Waals surface area contributed by atoms with E-state index in [2.05, 4.69) is 37.2 Å². The highest BCUT2D eigenvalue weighted by Gasteiger charge is 2.42. The number of nitrogens with one attached hydrogen (secondary N) is 8. The summed E-state index contributed by atoms with van der Waals surface area (Å²) in [5.74, 6) is -8.01. The number of phenolic OH excluding ortho intramolecular Hbond substituents is 1. The van der Waals surface area contributed by atoms with Crippen LogP contribution in [0.5, 0.6) is 5.75 Å². The maximum atomic E-state index is 14.6.